The number of carbonyl (C=O) groups is 2. The van der Waals surface area contributed by atoms with Gasteiger partial charge >= 0.3 is 0 Å². The number of nitrogens with zero attached hydrogens (tertiary/aromatic N) is 2. The Hall–Kier alpha value is -2.67. The quantitative estimate of drug-likeness (QED) is 0.740. The standard InChI is InChI=1S/C14H10N2O2/c1-9(2)10-3-4-12(11(7-10)8-15)16-13(17)5-6-14(16)18/h3-7H,1H2,2H3. The number of hydrogen-bond donors (Lipinski definition) is 0. The smallest absolute Gasteiger partial charge is 0.258 e. The summed E-state index contributed by atoms with van der Waals surface area (Å²) in [7, 11) is 0. The number of carbonyl (C=O) groups excluding carboxylic acids is 2. The Bertz CT molecular complexity index is 618. The van der Waals surface area contributed by atoms with Crippen molar-refractivity contribution in [3.05, 3.63) is 48.1 Å². The largest absolute Gasteiger partial charge is 0.269 e. The molecule has 1 aliphatic rings. The van der Waals surface area contributed by atoms with Crippen molar-refractivity contribution in [1.82, 2.24) is 0 Å². The van der Waals surface area contributed by atoms with E-state index in [1.807, 2.05) is 13.0 Å². The van der Waals surface area contributed by atoms with E-state index in [0.29, 0.717) is 5.69 Å². The van der Waals surface area contributed by atoms with Crippen LogP contribution >= 0.6 is 0 Å². The number of imide groups is 1. The van der Waals surface area contributed by atoms with Gasteiger partial charge in [-0.15, -0.1) is 0 Å². The van der Waals surface area contributed by atoms with Gasteiger partial charge < -0.3 is 0 Å². The second-order valence-electron chi connectivity index (χ2n) is 3.97. The van der Waals surface area contributed by atoms with Gasteiger partial charge in [0.2, 0.25) is 0 Å². The van der Waals surface area contributed by atoms with E-state index in [1.165, 1.54) is 12.2 Å². The van der Waals surface area contributed by atoms with Crippen LogP contribution in [0.4, 0.5) is 5.69 Å². The van der Waals surface area contributed by atoms with Crippen molar-refractivity contribution in [3.63, 3.8) is 0 Å². The molecule has 0 spiro atoms. The van der Waals surface area contributed by atoms with E-state index >= 15 is 0 Å². The molecule has 0 aliphatic carbocycles. The number of allylic oxidation sites excluding steroid dienone is 1. The van der Waals surface area contributed by atoms with Crippen LogP contribution in [0.25, 0.3) is 5.57 Å². The Morgan fingerprint density at radius 1 is 1.28 bits per heavy atom. The van der Waals surface area contributed by atoms with Gasteiger partial charge in [-0.05, 0) is 24.6 Å². The molecule has 2 amide bonds. The molecule has 2 rings (SSSR count). The molecular weight excluding hydrogens is 228 g/mol. The summed E-state index contributed by atoms with van der Waals surface area (Å²) >= 11 is 0. The summed E-state index contributed by atoms with van der Waals surface area (Å²) in [4.78, 5) is 24.1. The molecule has 0 saturated carbocycles. The molecule has 0 unspecified atom stereocenters. The Balaban J connectivity index is 2.53. The van der Waals surface area contributed by atoms with Gasteiger partial charge in [-0.1, -0.05) is 18.2 Å². The second kappa shape index (κ2) is 4.30. The number of nitriles is 1. The SMILES string of the molecule is C=C(C)c1ccc(N2C(=O)C=CC2=O)c(C#N)c1. The summed E-state index contributed by atoms with van der Waals surface area (Å²) in [5.74, 6) is -0.862. The Morgan fingerprint density at radius 3 is 2.39 bits per heavy atom. The Morgan fingerprint density at radius 2 is 1.89 bits per heavy atom. The fraction of sp³-hybridized carbons (Fsp3) is 0.0714. The molecular formula is C14H10N2O2. The number of hydrogen-bond acceptors (Lipinski definition) is 3. The summed E-state index contributed by atoms with van der Waals surface area (Å²) in [5, 5.41) is 9.11. The maximum atomic E-state index is 11.6. The summed E-state index contributed by atoms with van der Waals surface area (Å²) in [5.41, 5.74) is 2.21. The zero-order chi connectivity index (χ0) is 13.3. The minimum atomic E-state index is -0.431. The van der Waals surface area contributed by atoms with Crippen molar-refractivity contribution >= 4 is 23.1 Å². The summed E-state index contributed by atoms with van der Waals surface area (Å²) in [6.45, 7) is 5.61. The van der Waals surface area contributed by atoms with Crippen LogP contribution in [0.5, 0.6) is 0 Å². The monoisotopic (exact) mass is 238 g/mol. The normalized spacial score (nSPS) is 13.9. The molecule has 0 saturated heterocycles. The van der Waals surface area contributed by atoms with Gasteiger partial charge in [-0.2, -0.15) is 5.26 Å². The fourth-order valence-electron chi connectivity index (χ4n) is 1.72. The first-order chi connectivity index (χ1) is 8.54. The third kappa shape index (κ3) is 1.82. The molecule has 0 N–H and O–H groups in total. The Kier molecular flexibility index (Phi) is 2.82. The molecule has 18 heavy (non-hydrogen) atoms. The van der Waals surface area contributed by atoms with Gasteiger partial charge in [0.25, 0.3) is 11.8 Å². The molecule has 0 radical (unpaired) electrons. The molecule has 1 aromatic rings. The average Bonchev–Trinajstić information content (AvgIpc) is 2.68. The van der Waals surface area contributed by atoms with Crippen LogP contribution in [0.2, 0.25) is 0 Å². The first-order valence-corrected chi connectivity index (χ1v) is 5.30. The molecule has 4 nitrogen and oxygen atoms in total. The van der Waals surface area contributed by atoms with Gasteiger partial charge in [0.1, 0.15) is 6.07 Å². The van der Waals surface area contributed by atoms with Crippen LogP contribution in [0.1, 0.15) is 18.1 Å². The minimum absolute atomic E-state index is 0.279. The highest BCUT2D eigenvalue weighted by atomic mass is 16.2. The van der Waals surface area contributed by atoms with Gasteiger partial charge in [0, 0.05) is 12.2 Å². The van der Waals surface area contributed by atoms with Gasteiger partial charge in [-0.3, -0.25) is 9.59 Å². The van der Waals surface area contributed by atoms with E-state index in [4.69, 9.17) is 5.26 Å². The minimum Gasteiger partial charge on any atom is -0.269 e. The zero-order valence-electron chi connectivity index (χ0n) is 9.80. The van der Waals surface area contributed by atoms with Crippen LogP contribution in [-0.2, 0) is 9.59 Å². The molecule has 1 heterocycles. The second-order valence-corrected chi connectivity index (χ2v) is 3.97. The number of rotatable bonds is 2. The van der Waals surface area contributed by atoms with Crippen molar-refractivity contribution in [2.75, 3.05) is 4.90 Å². The summed E-state index contributed by atoms with van der Waals surface area (Å²) < 4.78 is 0. The number of anilines is 1. The van der Waals surface area contributed by atoms with E-state index < -0.39 is 11.8 Å². The number of amides is 2. The van der Waals surface area contributed by atoms with E-state index in [-0.39, 0.29) is 5.56 Å². The van der Waals surface area contributed by atoms with Crippen molar-refractivity contribution in [1.29, 1.82) is 5.26 Å². The highest BCUT2D eigenvalue weighted by molar-refractivity contribution is 6.28. The van der Waals surface area contributed by atoms with Crippen molar-refractivity contribution in [2.45, 2.75) is 6.92 Å². The Labute approximate surface area is 104 Å². The van der Waals surface area contributed by atoms with E-state index in [2.05, 4.69) is 6.58 Å². The lowest BCUT2D eigenvalue weighted by atomic mass is 10.0. The predicted molar refractivity (Wildman–Crippen MR) is 67.5 cm³/mol. The van der Waals surface area contributed by atoms with E-state index in [0.717, 1.165) is 16.0 Å². The topological polar surface area (TPSA) is 61.2 Å². The molecule has 4 heteroatoms. The highest BCUT2D eigenvalue weighted by Crippen LogP contribution is 2.26. The van der Waals surface area contributed by atoms with E-state index in [9.17, 15) is 9.59 Å². The van der Waals surface area contributed by atoms with Crippen LogP contribution in [-0.4, -0.2) is 11.8 Å². The molecule has 1 aliphatic heterocycles. The number of benzene rings is 1. The van der Waals surface area contributed by atoms with Crippen LogP contribution in [0.3, 0.4) is 0 Å². The molecule has 0 fully saturated rings. The maximum Gasteiger partial charge on any atom is 0.258 e. The molecule has 0 aromatic heterocycles. The van der Waals surface area contributed by atoms with Gasteiger partial charge in [0.05, 0.1) is 11.3 Å². The van der Waals surface area contributed by atoms with Gasteiger partial charge in [-0.25, -0.2) is 4.90 Å². The first-order valence-electron chi connectivity index (χ1n) is 5.30. The summed E-state index contributed by atoms with van der Waals surface area (Å²) in [6, 6.07) is 6.94. The maximum absolute atomic E-state index is 11.6. The third-order valence-electron chi connectivity index (χ3n) is 2.66. The lowest BCUT2D eigenvalue weighted by Gasteiger charge is -2.16. The van der Waals surface area contributed by atoms with E-state index in [1.54, 1.807) is 18.2 Å². The van der Waals surface area contributed by atoms with Crippen LogP contribution in [0.15, 0.2) is 36.9 Å². The van der Waals surface area contributed by atoms with Crippen molar-refractivity contribution < 1.29 is 9.59 Å². The first kappa shape index (κ1) is 11.8. The van der Waals surface area contributed by atoms with Crippen LogP contribution in [0, 0.1) is 11.3 Å². The van der Waals surface area contributed by atoms with Gasteiger partial charge in [0.15, 0.2) is 0 Å². The lowest BCUT2D eigenvalue weighted by molar-refractivity contribution is -0.119. The average molecular weight is 238 g/mol. The molecule has 0 atom stereocenters. The van der Waals surface area contributed by atoms with Crippen molar-refractivity contribution in [2.24, 2.45) is 0 Å². The van der Waals surface area contributed by atoms with Crippen LogP contribution < -0.4 is 4.90 Å². The molecule has 1 aromatic carbocycles. The predicted octanol–water partition coefficient (Wildman–Crippen LogP) is 2.02. The third-order valence-corrected chi connectivity index (χ3v) is 2.66. The lowest BCUT2D eigenvalue weighted by Crippen LogP contribution is -2.30. The summed E-state index contributed by atoms with van der Waals surface area (Å²) in [6.07, 6.45) is 2.38. The highest BCUT2D eigenvalue weighted by Gasteiger charge is 2.27. The molecule has 0 bridgehead atoms. The zero-order valence-corrected chi connectivity index (χ0v) is 9.80. The molecule has 88 valence electrons. The fourth-order valence-corrected chi connectivity index (χ4v) is 1.72. The van der Waals surface area contributed by atoms with Crippen molar-refractivity contribution in [3.8, 4) is 6.07 Å².